The molecule has 1 unspecified atom stereocenters. The van der Waals surface area contributed by atoms with Gasteiger partial charge in [0.05, 0.1) is 16.8 Å². The van der Waals surface area contributed by atoms with Crippen LogP contribution in [0.1, 0.15) is 22.9 Å². The summed E-state index contributed by atoms with van der Waals surface area (Å²) in [7, 11) is 1.88. The molecule has 0 aliphatic rings. The van der Waals surface area contributed by atoms with Gasteiger partial charge in [0.15, 0.2) is 0 Å². The number of halogens is 2. The molecule has 2 rings (SSSR count). The van der Waals surface area contributed by atoms with Crippen molar-refractivity contribution in [2.24, 2.45) is 0 Å². The van der Waals surface area contributed by atoms with Crippen LogP contribution >= 0.6 is 23.2 Å². The first-order valence-electron chi connectivity index (χ1n) is 5.67. The molecule has 18 heavy (non-hydrogen) atoms. The fraction of sp³-hybridized carbons (Fsp3) is 0.214. The molecule has 2 aromatic rings. The van der Waals surface area contributed by atoms with Crippen molar-refractivity contribution >= 4 is 23.2 Å². The van der Waals surface area contributed by atoms with Crippen LogP contribution < -0.4 is 5.32 Å². The van der Waals surface area contributed by atoms with Crippen molar-refractivity contribution in [3.63, 3.8) is 0 Å². The first kappa shape index (κ1) is 13.3. The van der Waals surface area contributed by atoms with Gasteiger partial charge in [0, 0.05) is 11.2 Å². The fourth-order valence-electron chi connectivity index (χ4n) is 1.86. The molecule has 94 valence electrons. The predicted octanol–water partition coefficient (Wildman–Crippen LogP) is 4.01. The van der Waals surface area contributed by atoms with E-state index in [1.165, 1.54) is 0 Å². The quantitative estimate of drug-likeness (QED) is 0.919. The molecule has 2 nitrogen and oxygen atoms in total. The maximum Gasteiger partial charge on any atom is 0.0804 e. The Kier molecular flexibility index (Phi) is 4.23. The summed E-state index contributed by atoms with van der Waals surface area (Å²) < 4.78 is 0. The van der Waals surface area contributed by atoms with Crippen LogP contribution in [0.4, 0.5) is 0 Å². The van der Waals surface area contributed by atoms with E-state index in [-0.39, 0.29) is 6.04 Å². The average molecular weight is 281 g/mol. The zero-order valence-electron chi connectivity index (χ0n) is 10.2. The van der Waals surface area contributed by atoms with Crippen LogP contribution in [0.3, 0.4) is 0 Å². The minimum absolute atomic E-state index is 0.0585. The van der Waals surface area contributed by atoms with Crippen LogP contribution in [0.2, 0.25) is 10.0 Å². The average Bonchev–Trinajstić information content (AvgIpc) is 2.37. The second kappa shape index (κ2) is 5.70. The monoisotopic (exact) mass is 280 g/mol. The van der Waals surface area contributed by atoms with Crippen molar-refractivity contribution in [2.45, 2.75) is 13.0 Å². The van der Waals surface area contributed by atoms with E-state index in [1.54, 1.807) is 6.20 Å². The Bertz CT molecular complexity index is 555. The van der Waals surface area contributed by atoms with Gasteiger partial charge in [0.2, 0.25) is 0 Å². The Hall–Kier alpha value is -1.09. The molecule has 0 amide bonds. The summed E-state index contributed by atoms with van der Waals surface area (Å²) in [5.41, 5.74) is 2.91. The molecule has 1 atom stereocenters. The molecular formula is C14H14Cl2N2. The molecule has 0 radical (unpaired) electrons. The number of rotatable bonds is 3. The lowest BCUT2D eigenvalue weighted by atomic mass is 10.0. The summed E-state index contributed by atoms with van der Waals surface area (Å²) in [5, 5.41) is 4.61. The van der Waals surface area contributed by atoms with Crippen molar-refractivity contribution in [3.8, 4) is 0 Å². The Morgan fingerprint density at radius 3 is 2.56 bits per heavy atom. The Balaban J connectivity index is 2.45. The van der Waals surface area contributed by atoms with Crippen molar-refractivity contribution in [1.82, 2.24) is 10.3 Å². The van der Waals surface area contributed by atoms with Crippen LogP contribution in [0, 0.1) is 6.92 Å². The topological polar surface area (TPSA) is 24.9 Å². The molecule has 1 aromatic heterocycles. The maximum atomic E-state index is 6.18. The van der Waals surface area contributed by atoms with Gasteiger partial charge in [-0.25, -0.2) is 0 Å². The molecule has 0 aliphatic heterocycles. The lowest BCUT2D eigenvalue weighted by Crippen LogP contribution is -2.19. The molecule has 0 saturated carbocycles. The first-order valence-corrected chi connectivity index (χ1v) is 6.43. The second-order valence-electron chi connectivity index (χ2n) is 4.10. The summed E-state index contributed by atoms with van der Waals surface area (Å²) in [6, 6.07) is 9.58. The predicted molar refractivity (Wildman–Crippen MR) is 76.3 cm³/mol. The van der Waals surface area contributed by atoms with E-state index in [2.05, 4.69) is 10.3 Å². The van der Waals surface area contributed by atoms with Crippen LogP contribution in [0.25, 0.3) is 0 Å². The molecule has 1 heterocycles. The van der Waals surface area contributed by atoms with Crippen molar-refractivity contribution in [1.29, 1.82) is 0 Å². The number of aromatic nitrogens is 1. The molecular weight excluding hydrogens is 267 g/mol. The third kappa shape index (κ3) is 2.66. The summed E-state index contributed by atoms with van der Waals surface area (Å²) >= 11 is 12.3. The van der Waals surface area contributed by atoms with Crippen LogP contribution in [0.5, 0.6) is 0 Å². The third-order valence-corrected chi connectivity index (χ3v) is 3.61. The Labute approximate surface area is 117 Å². The van der Waals surface area contributed by atoms with Crippen molar-refractivity contribution < 1.29 is 0 Å². The first-order chi connectivity index (χ1) is 8.63. The molecule has 4 heteroatoms. The molecule has 0 fully saturated rings. The summed E-state index contributed by atoms with van der Waals surface area (Å²) in [5.74, 6) is 0. The molecule has 1 aromatic carbocycles. The van der Waals surface area contributed by atoms with Crippen molar-refractivity contribution in [2.75, 3.05) is 7.05 Å². The summed E-state index contributed by atoms with van der Waals surface area (Å²) in [6.45, 7) is 1.98. The number of nitrogens with zero attached hydrogens (tertiary/aromatic N) is 1. The van der Waals surface area contributed by atoms with Gasteiger partial charge < -0.3 is 5.32 Å². The number of aryl methyl sites for hydroxylation is 1. The third-order valence-electron chi connectivity index (χ3n) is 2.88. The van der Waals surface area contributed by atoms with E-state index in [9.17, 15) is 0 Å². The minimum Gasteiger partial charge on any atom is -0.308 e. The highest BCUT2D eigenvalue weighted by molar-refractivity contribution is 6.31. The van der Waals surface area contributed by atoms with Gasteiger partial charge in [-0.1, -0.05) is 35.3 Å². The van der Waals surface area contributed by atoms with Crippen molar-refractivity contribution in [3.05, 3.63) is 63.4 Å². The zero-order chi connectivity index (χ0) is 13.1. The fourth-order valence-corrected chi connectivity index (χ4v) is 2.28. The van der Waals surface area contributed by atoms with Gasteiger partial charge in [0.25, 0.3) is 0 Å². The largest absolute Gasteiger partial charge is 0.308 e. The zero-order valence-corrected chi connectivity index (χ0v) is 11.8. The molecule has 0 bridgehead atoms. The second-order valence-corrected chi connectivity index (χ2v) is 4.92. The van der Waals surface area contributed by atoms with E-state index < -0.39 is 0 Å². The molecule has 0 saturated heterocycles. The van der Waals surface area contributed by atoms with Gasteiger partial charge in [-0.15, -0.1) is 0 Å². The highest BCUT2D eigenvalue weighted by Gasteiger charge is 2.16. The lowest BCUT2D eigenvalue weighted by molar-refractivity contribution is 0.671. The lowest BCUT2D eigenvalue weighted by Gasteiger charge is -2.18. The molecule has 0 spiro atoms. The number of pyridine rings is 1. The number of benzene rings is 1. The van der Waals surface area contributed by atoms with Gasteiger partial charge in [0.1, 0.15) is 0 Å². The molecule has 1 N–H and O–H groups in total. The van der Waals surface area contributed by atoms with Crippen LogP contribution in [-0.4, -0.2) is 12.0 Å². The van der Waals surface area contributed by atoms with E-state index in [4.69, 9.17) is 23.2 Å². The summed E-state index contributed by atoms with van der Waals surface area (Å²) in [4.78, 5) is 4.34. The highest BCUT2D eigenvalue weighted by Crippen LogP contribution is 2.28. The maximum absolute atomic E-state index is 6.18. The number of hydrogen-bond donors (Lipinski definition) is 1. The van der Waals surface area contributed by atoms with Gasteiger partial charge in [-0.05, 0) is 43.3 Å². The Morgan fingerprint density at radius 2 is 1.94 bits per heavy atom. The van der Waals surface area contributed by atoms with Crippen LogP contribution in [-0.2, 0) is 0 Å². The molecule has 0 aliphatic carbocycles. The number of hydrogen-bond acceptors (Lipinski definition) is 2. The minimum atomic E-state index is -0.0585. The van der Waals surface area contributed by atoms with E-state index in [0.717, 1.165) is 21.8 Å². The van der Waals surface area contributed by atoms with Gasteiger partial charge >= 0.3 is 0 Å². The van der Waals surface area contributed by atoms with E-state index >= 15 is 0 Å². The van der Waals surface area contributed by atoms with Gasteiger partial charge in [-0.2, -0.15) is 0 Å². The normalized spacial score (nSPS) is 12.4. The Morgan fingerprint density at radius 1 is 1.17 bits per heavy atom. The smallest absolute Gasteiger partial charge is 0.0804 e. The standard InChI is InChI=1S/C14H14Cl2N2/c1-9-5-6-10(8-12(9)16)13(17-2)14-11(15)4-3-7-18-14/h3-8,13,17H,1-2H3. The van der Waals surface area contributed by atoms with E-state index in [1.807, 2.05) is 44.3 Å². The van der Waals surface area contributed by atoms with Crippen LogP contribution in [0.15, 0.2) is 36.5 Å². The SMILES string of the molecule is CNC(c1ccc(C)c(Cl)c1)c1ncccc1Cl. The van der Waals surface area contributed by atoms with E-state index in [0.29, 0.717) is 5.02 Å². The highest BCUT2D eigenvalue weighted by atomic mass is 35.5. The van der Waals surface area contributed by atoms with Gasteiger partial charge in [-0.3, -0.25) is 4.98 Å². The summed E-state index contributed by atoms with van der Waals surface area (Å²) in [6.07, 6.45) is 1.74. The number of nitrogens with one attached hydrogen (secondary N) is 1.